The maximum absolute atomic E-state index is 11.3. The van der Waals surface area contributed by atoms with Crippen LogP contribution >= 0.6 is 0 Å². The lowest BCUT2D eigenvalue weighted by Crippen LogP contribution is -2.36. The van der Waals surface area contributed by atoms with E-state index in [-0.39, 0.29) is 18.6 Å². The third-order valence-electron chi connectivity index (χ3n) is 2.32. The van der Waals surface area contributed by atoms with Gasteiger partial charge in [-0.3, -0.25) is 4.79 Å². The van der Waals surface area contributed by atoms with E-state index in [1.165, 1.54) is 0 Å². The molecule has 4 heteroatoms. The molecule has 1 rings (SSSR count). The SMILES string of the molecule is C[C@H](CO)NC(=O)CC1CCNC1. The molecule has 1 heterocycles. The lowest BCUT2D eigenvalue weighted by atomic mass is 10.0. The van der Waals surface area contributed by atoms with Gasteiger partial charge in [-0.15, -0.1) is 0 Å². The second-order valence-electron chi connectivity index (χ2n) is 3.71. The summed E-state index contributed by atoms with van der Waals surface area (Å²) in [6.45, 7) is 3.77. The second kappa shape index (κ2) is 5.19. The highest BCUT2D eigenvalue weighted by molar-refractivity contribution is 5.76. The number of amides is 1. The summed E-state index contributed by atoms with van der Waals surface area (Å²) in [5.41, 5.74) is 0. The largest absolute Gasteiger partial charge is 0.394 e. The van der Waals surface area contributed by atoms with Gasteiger partial charge in [-0.05, 0) is 32.4 Å². The Morgan fingerprint density at radius 2 is 2.54 bits per heavy atom. The van der Waals surface area contributed by atoms with Crippen LogP contribution in [0, 0.1) is 5.92 Å². The van der Waals surface area contributed by atoms with Crippen molar-refractivity contribution in [1.82, 2.24) is 10.6 Å². The first-order valence-electron chi connectivity index (χ1n) is 4.83. The molecule has 1 unspecified atom stereocenters. The smallest absolute Gasteiger partial charge is 0.220 e. The number of aliphatic hydroxyl groups is 1. The van der Waals surface area contributed by atoms with Crippen molar-refractivity contribution >= 4 is 5.91 Å². The van der Waals surface area contributed by atoms with Crippen LogP contribution in [0.15, 0.2) is 0 Å². The third kappa shape index (κ3) is 3.74. The van der Waals surface area contributed by atoms with Crippen LogP contribution in [-0.4, -0.2) is 36.8 Å². The molecule has 1 amide bonds. The number of hydrogen-bond donors (Lipinski definition) is 3. The van der Waals surface area contributed by atoms with E-state index in [1.54, 1.807) is 6.92 Å². The van der Waals surface area contributed by atoms with Crippen molar-refractivity contribution < 1.29 is 9.90 Å². The summed E-state index contributed by atoms with van der Waals surface area (Å²) >= 11 is 0. The molecule has 4 nitrogen and oxygen atoms in total. The Hall–Kier alpha value is -0.610. The van der Waals surface area contributed by atoms with Crippen molar-refractivity contribution in [2.75, 3.05) is 19.7 Å². The molecule has 76 valence electrons. The summed E-state index contributed by atoms with van der Waals surface area (Å²) in [6.07, 6.45) is 1.66. The van der Waals surface area contributed by atoms with Gasteiger partial charge >= 0.3 is 0 Å². The zero-order valence-corrected chi connectivity index (χ0v) is 8.05. The summed E-state index contributed by atoms with van der Waals surface area (Å²) in [5, 5.41) is 14.7. The van der Waals surface area contributed by atoms with Crippen molar-refractivity contribution in [1.29, 1.82) is 0 Å². The van der Waals surface area contributed by atoms with Gasteiger partial charge in [0.1, 0.15) is 0 Å². The van der Waals surface area contributed by atoms with Gasteiger partial charge < -0.3 is 15.7 Å². The molecule has 1 fully saturated rings. The van der Waals surface area contributed by atoms with E-state index in [0.29, 0.717) is 12.3 Å². The van der Waals surface area contributed by atoms with E-state index in [9.17, 15) is 4.79 Å². The van der Waals surface area contributed by atoms with Gasteiger partial charge in [0.2, 0.25) is 5.91 Å². The number of carbonyl (C=O) groups is 1. The molecule has 13 heavy (non-hydrogen) atoms. The molecule has 1 aliphatic heterocycles. The normalized spacial score (nSPS) is 24.3. The molecule has 0 aromatic heterocycles. The maximum atomic E-state index is 11.3. The summed E-state index contributed by atoms with van der Waals surface area (Å²) in [5.74, 6) is 0.529. The Bertz CT molecular complexity index is 167. The monoisotopic (exact) mass is 186 g/mol. The molecule has 0 radical (unpaired) electrons. The van der Waals surface area contributed by atoms with E-state index in [1.807, 2.05) is 0 Å². The Morgan fingerprint density at radius 1 is 1.77 bits per heavy atom. The van der Waals surface area contributed by atoms with Crippen LogP contribution in [0.5, 0.6) is 0 Å². The van der Waals surface area contributed by atoms with E-state index in [2.05, 4.69) is 10.6 Å². The van der Waals surface area contributed by atoms with Crippen LogP contribution in [0.3, 0.4) is 0 Å². The fraction of sp³-hybridized carbons (Fsp3) is 0.889. The molecular formula is C9H18N2O2. The van der Waals surface area contributed by atoms with Crippen LogP contribution in [0.2, 0.25) is 0 Å². The summed E-state index contributed by atoms with van der Waals surface area (Å²) < 4.78 is 0. The van der Waals surface area contributed by atoms with Gasteiger partial charge in [0, 0.05) is 12.5 Å². The molecular weight excluding hydrogens is 168 g/mol. The molecule has 0 aliphatic carbocycles. The minimum Gasteiger partial charge on any atom is -0.394 e. The molecule has 0 spiro atoms. The first-order chi connectivity index (χ1) is 6.22. The van der Waals surface area contributed by atoms with Gasteiger partial charge in [-0.2, -0.15) is 0 Å². The molecule has 1 aliphatic rings. The minimum atomic E-state index is -0.123. The second-order valence-corrected chi connectivity index (χ2v) is 3.71. The molecule has 0 aromatic carbocycles. The van der Waals surface area contributed by atoms with Gasteiger partial charge in [-0.1, -0.05) is 0 Å². The topological polar surface area (TPSA) is 61.4 Å². The van der Waals surface area contributed by atoms with Gasteiger partial charge in [0.05, 0.1) is 6.61 Å². The standard InChI is InChI=1S/C9H18N2O2/c1-7(6-12)11-9(13)4-8-2-3-10-5-8/h7-8,10,12H,2-6H2,1H3,(H,11,13)/t7-,8?/m1/s1. The Balaban J connectivity index is 2.16. The highest BCUT2D eigenvalue weighted by atomic mass is 16.3. The van der Waals surface area contributed by atoms with Gasteiger partial charge in [0.15, 0.2) is 0 Å². The van der Waals surface area contributed by atoms with Gasteiger partial charge in [-0.25, -0.2) is 0 Å². The Labute approximate surface area is 78.7 Å². The fourth-order valence-electron chi connectivity index (χ4n) is 1.53. The van der Waals surface area contributed by atoms with E-state index < -0.39 is 0 Å². The molecule has 0 aromatic rings. The molecule has 0 saturated carbocycles. The van der Waals surface area contributed by atoms with Crippen molar-refractivity contribution in [3.05, 3.63) is 0 Å². The predicted molar refractivity (Wildman–Crippen MR) is 50.3 cm³/mol. The number of rotatable bonds is 4. The highest BCUT2D eigenvalue weighted by Gasteiger charge is 2.18. The van der Waals surface area contributed by atoms with Crippen molar-refractivity contribution in [3.8, 4) is 0 Å². The molecule has 2 atom stereocenters. The Kier molecular flexibility index (Phi) is 4.18. The number of carbonyl (C=O) groups excluding carboxylic acids is 1. The summed E-state index contributed by atoms with van der Waals surface area (Å²) in [4.78, 5) is 11.3. The molecule has 1 saturated heterocycles. The zero-order valence-electron chi connectivity index (χ0n) is 8.05. The van der Waals surface area contributed by atoms with Gasteiger partial charge in [0.25, 0.3) is 0 Å². The van der Waals surface area contributed by atoms with Crippen LogP contribution in [0.4, 0.5) is 0 Å². The molecule has 0 bridgehead atoms. The lowest BCUT2D eigenvalue weighted by molar-refractivity contribution is -0.122. The first-order valence-corrected chi connectivity index (χ1v) is 4.83. The average molecular weight is 186 g/mol. The van der Waals surface area contributed by atoms with Crippen LogP contribution in [0.25, 0.3) is 0 Å². The first kappa shape index (κ1) is 10.5. The van der Waals surface area contributed by atoms with Crippen molar-refractivity contribution in [3.63, 3.8) is 0 Å². The van der Waals surface area contributed by atoms with Crippen molar-refractivity contribution in [2.45, 2.75) is 25.8 Å². The molecule has 3 N–H and O–H groups in total. The fourth-order valence-corrected chi connectivity index (χ4v) is 1.53. The average Bonchev–Trinajstić information content (AvgIpc) is 2.56. The van der Waals surface area contributed by atoms with Crippen LogP contribution in [-0.2, 0) is 4.79 Å². The summed E-state index contributed by atoms with van der Waals surface area (Å²) in [7, 11) is 0. The number of nitrogens with one attached hydrogen (secondary N) is 2. The highest BCUT2D eigenvalue weighted by Crippen LogP contribution is 2.11. The predicted octanol–water partition coefficient (Wildman–Crippen LogP) is -0.517. The van der Waals surface area contributed by atoms with E-state index in [4.69, 9.17) is 5.11 Å². The number of aliphatic hydroxyl groups excluding tert-OH is 1. The number of hydrogen-bond acceptors (Lipinski definition) is 3. The quantitative estimate of drug-likeness (QED) is 0.554. The lowest BCUT2D eigenvalue weighted by Gasteiger charge is -2.12. The minimum absolute atomic E-state index is 0.00859. The maximum Gasteiger partial charge on any atom is 0.220 e. The zero-order chi connectivity index (χ0) is 9.68. The van der Waals surface area contributed by atoms with E-state index in [0.717, 1.165) is 19.5 Å². The third-order valence-corrected chi connectivity index (χ3v) is 2.32. The summed E-state index contributed by atoms with van der Waals surface area (Å²) in [6, 6.07) is -0.123. The van der Waals surface area contributed by atoms with Crippen molar-refractivity contribution in [2.24, 2.45) is 5.92 Å². The van der Waals surface area contributed by atoms with E-state index >= 15 is 0 Å². The van der Waals surface area contributed by atoms with Crippen LogP contribution in [0.1, 0.15) is 19.8 Å². The van der Waals surface area contributed by atoms with Crippen LogP contribution < -0.4 is 10.6 Å². The Morgan fingerprint density at radius 3 is 3.08 bits per heavy atom.